The Balaban J connectivity index is 2.49. The third-order valence-corrected chi connectivity index (χ3v) is 3.66. The molecule has 1 unspecified atom stereocenters. The molecule has 0 spiro atoms. The molecule has 1 nitrogen and oxygen atoms in total. The predicted molar refractivity (Wildman–Crippen MR) is 80.9 cm³/mol. The molecule has 20 heavy (non-hydrogen) atoms. The average Bonchev–Trinajstić information content (AvgIpc) is 2.42. The van der Waals surface area contributed by atoms with Gasteiger partial charge in [-0.25, -0.2) is 8.78 Å². The zero-order chi connectivity index (χ0) is 14.8. The number of nitrogens with one attached hydrogen (secondary N) is 1. The highest BCUT2D eigenvalue weighted by Crippen LogP contribution is 2.17. The molecular weight excluding hydrogens is 256 g/mol. The fourth-order valence-electron chi connectivity index (χ4n) is 2.53. The lowest BCUT2D eigenvalue weighted by Crippen LogP contribution is -2.31. The van der Waals surface area contributed by atoms with Crippen LogP contribution in [0.25, 0.3) is 0 Å². The Morgan fingerprint density at radius 3 is 2.25 bits per heavy atom. The fourth-order valence-corrected chi connectivity index (χ4v) is 2.53. The van der Waals surface area contributed by atoms with E-state index in [4.69, 9.17) is 0 Å². The summed E-state index contributed by atoms with van der Waals surface area (Å²) in [6.45, 7) is 5.06. The molecule has 3 heteroatoms. The van der Waals surface area contributed by atoms with E-state index in [1.165, 1.54) is 43.9 Å². The van der Waals surface area contributed by atoms with Crippen LogP contribution in [-0.2, 0) is 6.42 Å². The van der Waals surface area contributed by atoms with E-state index >= 15 is 0 Å². The average molecular weight is 283 g/mol. The van der Waals surface area contributed by atoms with Crippen molar-refractivity contribution in [2.24, 2.45) is 0 Å². The summed E-state index contributed by atoms with van der Waals surface area (Å²) >= 11 is 0. The van der Waals surface area contributed by atoms with E-state index in [0.29, 0.717) is 6.42 Å². The quantitative estimate of drug-likeness (QED) is 0.605. The van der Waals surface area contributed by atoms with Crippen molar-refractivity contribution in [3.8, 4) is 0 Å². The van der Waals surface area contributed by atoms with Crippen LogP contribution in [0, 0.1) is 11.6 Å². The number of hydrogen-bond donors (Lipinski definition) is 1. The molecule has 1 rings (SSSR count). The summed E-state index contributed by atoms with van der Waals surface area (Å²) in [6.07, 6.45) is 7.49. The van der Waals surface area contributed by atoms with E-state index in [-0.39, 0.29) is 11.6 Å². The first-order valence-corrected chi connectivity index (χ1v) is 7.85. The Hall–Kier alpha value is -0.960. The molecule has 114 valence electrons. The van der Waals surface area contributed by atoms with Crippen LogP contribution in [0.4, 0.5) is 8.78 Å². The van der Waals surface area contributed by atoms with Crippen LogP contribution in [0.5, 0.6) is 0 Å². The minimum Gasteiger partial charge on any atom is -0.314 e. The van der Waals surface area contributed by atoms with Crippen molar-refractivity contribution in [2.75, 3.05) is 6.54 Å². The lowest BCUT2D eigenvalue weighted by Gasteiger charge is -2.18. The number of hydrogen-bond acceptors (Lipinski definition) is 1. The smallest absolute Gasteiger partial charge is 0.129 e. The Kier molecular flexibility index (Phi) is 8.43. The molecule has 1 atom stereocenters. The molecule has 1 N–H and O–H groups in total. The predicted octanol–water partition coefficient (Wildman–Crippen LogP) is 4.85. The van der Waals surface area contributed by atoms with E-state index in [0.717, 1.165) is 19.4 Å². The van der Waals surface area contributed by atoms with Gasteiger partial charge in [-0.15, -0.1) is 0 Å². The standard InChI is InChI=1S/C17H27F2N/c1-3-5-6-7-8-10-14(20-4-2)13-15-16(18)11-9-12-17(15)19/h9,11-12,14,20H,3-8,10,13H2,1-2H3. The summed E-state index contributed by atoms with van der Waals surface area (Å²) in [7, 11) is 0. The van der Waals surface area contributed by atoms with Crippen LogP contribution in [-0.4, -0.2) is 12.6 Å². The molecule has 1 aromatic carbocycles. The van der Waals surface area contributed by atoms with Crippen molar-refractivity contribution in [1.29, 1.82) is 0 Å². The van der Waals surface area contributed by atoms with Gasteiger partial charge in [0, 0.05) is 11.6 Å². The second kappa shape index (κ2) is 9.87. The molecule has 0 aliphatic heterocycles. The monoisotopic (exact) mass is 283 g/mol. The van der Waals surface area contributed by atoms with E-state index in [1.807, 2.05) is 6.92 Å². The molecule has 0 aliphatic carbocycles. The van der Waals surface area contributed by atoms with Crippen LogP contribution >= 0.6 is 0 Å². The number of likely N-dealkylation sites (N-methyl/N-ethyl adjacent to an activating group) is 1. The highest BCUT2D eigenvalue weighted by atomic mass is 19.1. The Labute approximate surface area is 121 Å². The van der Waals surface area contributed by atoms with Gasteiger partial charge in [0.2, 0.25) is 0 Å². The van der Waals surface area contributed by atoms with Gasteiger partial charge in [-0.2, -0.15) is 0 Å². The summed E-state index contributed by atoms with van der Waals surface area (Å²) in [5.74, 6) is -0.863. The number of rotatable bonds is 10. The van der Waals surface area contributed by atoms with Gasteiger partial charge in [0.25, 0.3) is 0 Å². The van der Waals surface area contributed by atoms with Crippen LogP contribution in [0.1, 0.15) is 57.9 Å². The molecule has 0 aromatic heterocycles. The second-order valence-electron chi connectivity index (χ2n) is 5.36. The molecule has 0 saturated heterocycles. The maximum absolute atomic E-state index is 13.7. The van der Waals surface area contributed by atoms with Gasteiger partial charge < -0.3 is 5.32 Å². The van der Waals surface area contributed by atoms with Gasteiger partial charge in [-0.3, -0.25) is 0 Å². The van der Waals surface area contributed by atoms with Crippen LogP contribution < -0.4 is 5.32 Å². The normalized spacial score (nSPS) is 12.6. The topological polar surface area (TPSA) is 12.0 Å². The zero-order valence-corrected chi connectivity index (χ0v) is 12.7. The Morgan fingerprint density at radius 2 is 1.65 bits per heavy atom. The van der Waals surface area contributed by atoms with Crippen molar-refractivity contribution in [1.82, 2.24) is 5.32 Å². The van der Waals surface area contributed by atoms with Crippen molar-refractivity contribution < 1.29 is 8.78 Å². The van der Waals surface area contributed by atoms with Crippen molar-refractivity contribution >= 4 is 0 Å². The highest BCUT2D eigenvalue weighted by molar-refractivity contribution is 5.20. The molecule has 0 amide bonds. The first-order chi connectivity index (χ1) is 9.69. The van der Waals surface area contributed by atoms with Gasteiger partial charge in [-0.05, 0) is 31.5 Å². The van der Waals surface area contributed by atoms with Crippen molar-refractivity contribution in [3.05, 3.63) is 35.4 Å². The summed E-state index contributed by atoms with van der Waals surface area (Å²) in [5.41, 5.74) is 0.215. The van der Waals surface area contributed by atoms with Gasteiger partial charge >= 0.3 is 0 Å². The Morgan fingerprint density at radius 1 is 1.00 bits per heavy atom. The minimum atomic E-state index is -0.432. The molecule has 0 saturated carbocycles. The largest absolute Gasteiger partial charge is 0.314 e. The summed E-state index contributed by atoms with van der Waals surface area (Å²) < 4.78 is 27.3. The van der Waals surface area contributed by atoms with Gasteiger partial charge in [0.15, 0.2) is 0 Å². The lowest BCUT2D eigenvalue weighted by molar-refractivity contribution is 0.443. The van der Waals surface area contributed by atoms with Gasteiger partial charge in [0.05, 0.1) is 0 Å². The third kappa shape index (κ3) is 6.00. The molecule has 0 radical (unpaired) electrons. The first-order valence-electron chi connectivity index (χ1n) is 7.85. The number of unbranched alkanes of at least 4 members (excludes halogenated alkanes) is 4. The maximum atomic E-state index is 13.7. The van der Waals surface area contributed by atoms with Gasteiger partial charge in [-0.1, -0.05) is 52.0 Å². The second-order valence-corrected chi connectivity index (χ2v) is 5.36. The van der Waals surface area contributed by atoms with Gasteiger partial charge in [0.1, 0.15) is 11.6 Å². The van der Waals surface area contributed by atoms with Crippen molar-refractivity contribution in [3.63, 3.8) is 0 Å². The Bertz CT molecular complexity index is 359. The van der Waals surface area contributed by atoms with Crippen LogP contribution in [0.15, 0.2) is 18.2 Å². The van der Waals surface area contributed by atoms with E-state index in [9.17, 15) is 8.78 Å². The SMILES string of the molecule is CCCCCCCC(Cc1c(F)cccc1F)NCC. The van der Waals surface area contributed by atoms with E-state index in [2.05, 4.69) is 12.2 Å². The number of benzene rings is 1. The van der Waals surface area contributed by atoms with E-state index < -0.39 is 11.6 Å². The summed E-state index contributed by atoms with van der Waals surface area (Å²) in [6, 6.07) is 4.25. The summed E-state index contributed by atoms with van der Waals surface area (Å²) in [5, 5.41) is 3.34. The number of halogens is 2. The van der Waals surface area contributed by atoms with E-state index in [1.54, 1.807) is 0 Å². The maximum Gasteiger partial charge on any atom is 0.129 e. The lowest BCUT2D eigenvalue weighted by atomic mass is 9.99. The molecule has 1 aromatic rings. The molecule has 0 heterocycles. The molecule has 0 aliphatic rings. The molecule has 0 fully saturated rings. The third-order valence-electron chi connectivity index (χ3n) is 3.66. The fraction of sp³-hybridized carbons (Fsp3) is 0.647. The summed E-state index contributed by atoms with van der Waals surface area (Å²) in [4.78, 5) is 0. The van der Waals surface area contributed by atoms with Crippen molar-refractivity contribution in [2.45, 2.75) is 64.8 Å². The first kappa shape index (κ1) is 17.1. The molecule has 0 bridgehead atoms. The molecular formula is C17H27F2N. The zero-order valence-electron chi connectivity index (χ0n) is 12.7. The minimum absolute atomic E-state index is 0.160. The van der Waals surface area contributed by atoms with Crippen LogP contribution in [0.3, 0.4) is 0 Å². The van der Waals surface area contributed by atoms with Crippen LogP contribution in [0.2, 0.25) is 0 Å². The highest BCUT2D eigenvalue weighted by Gasteiger charge is 2.14.